The first-order valence-corrected chi connectivity index (χ1v) is 8.67. The normalized spacial score (nSPS) is 30.9. The van der Waals surface area contributed by atoms with Crippen molar-refractivity contribution in [3.05, 3.63) is 23.8 Å². The molecule has 2 unspecified atom stereocenters. The van der Waals surface area contributed by atoms with Crippen LogP contribution >= 0.6 is 12.4 Å². The molecule has 1 amide bonds. The molecule has 3 aliphatic rings. The van der Waals surface area contributed by atoms with Crippen LogP contribution in [0.5, 0.6) is 11.5 Å². The van der Waals surface area contributed by atoms with Crippen molar-refractivity contribution in [3.63, 3.8) is 0 Å². The molecule has 24 heavy (non-hydrogen) atoms. The van der Waals surface area contributed by atoms with Gasteiger partial charge in [-0.1, -0.05) is 6.42 Å². The molecule has 132 valence electrons. The number of amides is 1. The average Bonchev–Trinajstić information content (AvgIpc) is 2.55. The summed E-state index contributed by atoms with van der Waals surface area (Å²) in [5, 5.41) is 3.27. The Hall–Kier alpha value is -1.46. The molecule has 2 atom stereocenters. The lowest BCUT2D eigenvalue weighted by atomic mass is 9.67. The third kappa shape index (κ3) is 3.33. The van der Waals surface area contributed by atoms with Gasteiger partial charge in [-0.05, 0) is 55.7 Å². The van der Waals surface area contributed by atoms with Gasteiger partial charge in [-0.3, -0.25) is 4.79 Å². The minimum Gasteiger partial charge on any atom is -0.486 e. The Kier molecular flexibility index (Phi) is 5.21. The highest BCUT2D eigenvalue weighted by Gasteiger charge is 2.40. The third-order valence-corrected chi connectivity index (χ3v) is 5.48. The second-order valence-electron chi connectivity index (χ2n) is 7.04. The van der Waals surface area contributed by atoms with Crippen LogP contribution in [0.4, 0.5) is 0 Å². The van der Waals surface area contributed by atoms with E-state index in [1.807, 2.05) is 12.1 Å². The summed E-state index contributed by atoms with van der Waals surface area (Å²) < 4.78 is 11.1. The van der Waals surface area contributed by atoms with E-state index in [1.165, 1.54) is 19.3 Å². The van der Waals surface area contributed by atoms with E-state index in [-0.39, 0.29) is 24.4 Å². The van der Waals surface area contributed by atoms with Crippen LogP contribution in [0.25, 0.3) is 0 Å². The van der Waals surface area contributed by atoms with Crippen LogP contribution in [0.1, 0.15) is 42.5 Å². The predicted octanol–water partition coefficient (Wildman–Crippen LogP) is 2.52. The van der Waals surface area contributed by atoms with E-state index in [4.69, 9.17) is 15.2 Å². The third-order valence-electron chi connectivity index (χ3n) is 5.48. The molecule has 0 saturated heterocycles. The van der Waals surface area contributed by atoms with E-state index in [0.29, 0.717) is 48.2 Å². The number of halogens is 1. The summed E-state index contributed by atoms with van der Waals surface area (Å²) in [5.74, 6) is 2.42. The van der Waals surface area contributed by atoms with Crippen molar-refractivity contribution in [1.29, 1.82) is 0 Å². The molecule has 0 aromatic heterocycles. The lowest BCUT2D eigenvalue weighted by molar-refractivity contribution is 0.0755. The molecule has 2 aliphatic carbocycles. The topological polar surface area (TPSA) is 73.6 Å². The highest BCUT2D eigenvalue weighted by Crippen LogP contribution is 2.40. The van der Waals surface area contributed by atoms with Crippen molar-refractivity contribution in [1.82, 2.24) is 5.32 Å². The molecular formula is C18H25ClN2O3. The first-order chi connectivity index (χ1) is 11.2. The largest absolute Gasteiger partial charge is 0.486 e. The van der Waals surface area contributed by atoms with Crippen LogP contribution in [-0.2, 0) is 0 Å². The van der Waals surface area contributed by atoms with Crippen molar-refractivity contribution in [2.45, 2.75) is 44.2 Å². The van der Waals surface area contributed by atoms with E-state index < -0.39 is 0 Å². The summed E-state index contributed by atoms with van der Waals surface area (Å²) in [7, 11) is 0. The smallest absolute Gasteiger partial charge is 0.251 e. The highest BCUT2D eigenvalue weighted by atomic mass is 35.5. The molecule has 1 aliphatic heterocycles. The Balaban J connectivity index is 0.00000169. The van der Waals surface area contributed by atoms with Gasteiger partial charge in [0.1, 0.15) is 13.2 Å². The Morgan fingerprint density at radius 1 is 1.08 bits per heavy atom. The number of nitrogens with two attached hydrogens (primary N) is 1. The van der Waals surface area contributed by atoms with E-state index in [2.05, 4.69) is 5.32 Å². The van der Waals surface area contributed by atoms with Gasteiger partial charge < -0.3 is 20.5 Å². The number of rotatable bonds is 2. The molecule has 6 heteroatoms. The molecule has 4 rings (SSSR count). The van der Waals surface area contributed by atoms with Crippen molar-refractivity contribution in [3.8, 4) is 11.5 Å². The van der Waals surface area contributed by atoms with Gasteiger partial charge in [0, 0.05) is 17.6 Å². The van der Waals surface area contributed by atoms with E-state index in [1.54, 1.807) is 6.07 Å². The number of carbonyl (C=O) groups excluding carboxylic acids is 1. The summed E-state index contributed by atoms with van der Waals surface area (Å²) in [6.07, 6.45) is 5.68. The van der Waals surface area contributed by atoms with Gasteiger partial charge in [-0.2, -0.15) is 0 Å². The molecule has 1 aromatic rings. The molecule has 2 saturated carbocycles. The molecule has 2 bridgehead atoms. The number of ether oxygens (including phenoxy) is 2. The van der Waals surface area contributed by atoms with E-state index in [9.17, 15) is 4.79 Å². The van der Waals surface area contributed by atoms with Gasteiger partial charge in [0.25, 0.3) is 5.91 Å². The number of hydrogen-bond donors (Lipinski definition) is 2. The Morgan fingerprint density at radius 3 is 2.46 bits per heavy atom. The fourth-order valence-electron chi connectivity index (χ4n) is 4.44. The number of fused-ring (bicyclic) bond motifs is 3. The Morgan fingerprint density at radius 2 is 1.75 bits per heavy atom. The van der Waals surface area contributed by atoms with Gasteiger partial charge in [0.05, 0.1) is 0 Å². The Labute approximate surface area is 148 Å². The molecule has 2 fully saturated rings. The maximum absolute atomic E-state index is 12.7. The minimum absolute atomic E-state index is 0. The fraction of sp³-hybridized carbons (Fsp3) is 0.611. The zero-order valence-corrected chi connectivity index (χ0v) is 14.5. The van der Waals surface area contributed by atoms with Crippen LogP contribution in [0.15, 0.2) is 18.2 Å². The number of nitrogens with one attached hydrogen (secondary N) is 1. The molecule has 1 heterocycles. The number of hydrogen-bond acceptors (Lipinski definition) is 4. The van der Waals surface area contributed by atoms with Crippen molar-refractivity contribution >= 4 is 18.3 Å². The first-order valence-electron chi connectivity index (χ1n) is 8.67. The van der Waals surface area contributed by atoms with Crippen LogP contribution in [0.3, 0.4) is 0 Å². The molecule has 1 aromatic carbocycles. The van der Waals surface area contributed by atoms with Crippen LogP contribution in [-0.4, -0.2) is 31.2 Å². The molecular weight excluding hydrogens is 328 g/mol. The van der Waals surface area contributed by atoms with E-state index in [0.717, 1.165) is 12.8 Å². The lowest BCUT2D eigenvalue weighted by Gasteiger charge is -2.45. The summed E-state index contributed by atoms with van der Waals surface area (Å²) in [6.45, 7) is 1.09. The first kappa shape index (κ1) is 17.4. The van der Waals surface area contributed by atoms with Gasteiger partial charge in [-0.25, -0.2) is 0 Å². The van der Waals surface area contributed by atoms with Crippen LogP contribution < -0.4 is 20.5 Å². The standard InChI is InChI=1S/C18H24N2O3.ClH/c19-14-8-11-2-1-3-12(9-14)17(11)20-18(21)13-4-5-15-16(10-13)23-7-6-22-15;/h4-5,10-12,14,17H,1-3,6-9,19H2,(H,20,21);1H. The van der Waals surface area contributed by atoms with Crippen molar-refractivity contribution in [2.24, 2.45) is 17.6 Å². The Bertz CT molecular complexity index is 596. The van der Waals surface area contributed by atoms with Crippen LogP contribution in [0, 0.1) is 11.8 Å². The second kappa shape index (κ2) is 7.19. The average molecular weight is 353 g/mol. The molecule has 0 spiro atoms. The SMILES string of the molecule is Cl.NC1CC2CCCC(C1)C2NC(=O)c1ccc2c(c1)OCCO2. The predicted molar refractivity (Wildman–Crippen MR) is 94.0 cm³/mol. The van der Waals surface area contributed by atoms with Gasteiger partial charge in [0.15, 0.2) is 11.5 Å². The summed E-state index contributed by atoms with van der Waals surface area (Å²) in [4.78, 5) is 12.7. The molecule has 3 N–H and O–H groups in total. The monoisotopic (exact) mass is 352 g/mol. The zero-order valence-electron chi connectivity index (χ0n) is 13.7. The van der Waals surface area contributed by atoms with Crippen molar-refractivity contribution in [2.75, 3.05) is 13.2 Å². The quantitative estimate of drug-likeness (QED) is 0.857. The maximum atomic E-state index is 12.7. The highest BCUT2D eigenvalue weighted by molar-refractivity contribution is 5.95. The number of benzene rings is 1. The van der Waals surface area contributed by atoms with Gasteiger partial charge >= 0.3 is 0 Å². The maximum Gasteiger partial charge on any atom is 0.251 e. The summed E-state index contributed by atoms with van der Waals surface area (Å²) in [6, 6.07) is 5.99. The van der Waals surface area contributed by atoms with Gasteiger partial charge in [-0.15, -0.1) is 12.4 Å². The zero-order chi connectivity index (χ0) is 15.8. The molecule has 5 nitrogen and oxygen atoms in total. The van der Waals surface area contributed by atoms with Crippen molar-refractivity contribution < 1.29 is 14.3 Å². The second-order valence-corrected chi connectivity index (χ2v) is 7.04. The summed E-state index contributed by atoms with van der Waals surface area (Å²) in [5.41, 5.74) is 6.80. The van der Waals surface area contributed by atoms with Gasteiger partial charge in [0.2, 0.25) is 0 Å². The summed E-state index contributed by atoms with van der Waals surface area (Å²) >= 11 is 0. The lowest BCUT2D eigenvalue weighted by Crippen LogP contribution is -2.53. The molecule has 0 radical (unpaired) electrons. The minimum atomic E-state index is -0.0145. The van der Waals surface area contributed by atoms with E-state index >= 15 is 0 Å². The van der Waals surface area contributed by atoms with Crippen LogP contribution in [0.2, 0.25) is 0 Å². The fourth-order valence-corrected chi connectivity index (χ4v) is 4.44. The number of carbonyl (C=O) groups is 1.